The predicted molar refractivity (Wildman–Crippen MR) is 80.5 cm³/mol. The minimum atomic E-state index is 0.0343. The molecule has 2 aromatic carbocycles. The maximum absolute atomic E-state index is 2.34. The molecule has 0 radical (unpaired) electrons. The summed E-state index contributed by atoms with van der Waals surface area (Å²) < 4.78 is 2.34. The first kappa shape index (κ1) is 12.2. The topological polar surface area (TPSA) is 3.01 Å². The van der Waals surface area contributed by atoms with Gasteiger partial charge in [0.2, 0.25) is 5.69 Å². The summed E-state index contributed by atoms with van der Waals surface area (Å²) >= 11 is 0. The molecule has 2 aromatic rings. The van der Waals surface area contributed by atoms with E-state index in [1.54, 1.807) is 0 Å². The van der Waals surface area contributed by atoms with E-state index in [0.29, 0.717) is 0 Å². The van der Waals surface area contributed by atoms with Crippen molar-refractivity contribution in [2.24, 2.45) is 0 Å². The van der Waals surface area contributed by atoms with Crippen LogP contribution in [0.4, 0.5) is 5.69 Å². The number of nitrogens with zero attached hydrogens (tertiary/aromatic N) is 1. The van der Waals surface area contributed by atoms with Crippen molar-refractivity contribution in [3.05, 3.63) is 65.7 Å². The molecule has 0 bridgehead atoms. The van der Waals surface area contributed by atoms with Crippen LogP contribution in [-0.4, -0.2) is 17.3 Å². The van der Waals surface area contributed by atoms with Crippen molar-refractivity contribution in [2.45, 2.75) is 25.7 Å². The van der Waals surface area contributed by atoms with E-state index in [9.17, 15) is 0 Å². The Labute approximate surface area is 115 Å². The third-order valence-corrected chi connectivity index (χ3v) is 4.64. The van der Waals surface area contributed by atoms with Crippen LogP contribution in [0.5, 0.6) is 0 Å². The third kappa shape index (κ3) is 1.51. The summed E-state index contributed by atoms with van der Waals surface area (Å²) in [6.07, 6.45) is 1.09. The van der Waals surface area contributed by atoms with E-state index in [0.717, 1.165) is 6.42 Å². The molecule has 19 heavy (non-hydrogen) atoms. The van der Waals surface area contributed by atoms with Gasteiger partial charge in [-0.2, -0.15) is 0 Å². The predicted octanol–water partition coefficient (Wildman–Crippen LogP) is 4.13. The lowest BCUT2D eigenvalue weighted by Gasteiger charge is -2.26. The van der Waals surface area contributed by atoms with E-state index in [1.165, 1.54) is 22.5 Å². The van der Waals surface area contributed by atoms with Crippen LogP contribution in [0, 0.1) is 0 Å². The van der Waals surface area contributed by atoms with Crippen LogP contribution in [0.1, 0.15) is 31.4 Å². The molecule has 1 unspecified atom stereocenters. The SMILES string of the molecule is CCC1(c2ccccc2)C(C)=[N+](C)c2ccccc21. The fourth-order valence-electron chi connectivity index (χ4n) is 3.53. The zero-order valence-electron chi connectivity index (χ0n) is 11.9. The highest BCUT2D eigenvalue weighted by Crippen LogP contribution is 2.45. The van der Waals surface area contributed by atoms with Gasteiger partial charge in [0, 0.05) is 18.6 Å². The van der Waals surface area contributed by atoms with Gasteiger partial charge in [0.1, 0.15) is 12.5 Å². The van der Waals surface area contributed by atoms with E-state index < -0.39 is 0 Å². The fraction of sp³-hybridized carbons (Fsp3) is 0.278. The third-order valence-electron chi connectivity index (χ3n) is 4.64. The van der Waals surface area contributed by atoms with Crippen molar-refractivity contribution in [1.82, 2.24) is 0 Å². The Hall–Kier alpha value is -1.89. The quantitative estimate of drug-likeness (QED) is 0.705. The van der Waals surface area contributed by atoms with Crippen LogP contribution >= 0.6 is 0 Å². The number of fused-ring (bicyclic) bond motifs is 1. The summed E-state index contributed by atoms with van der Waals surface area (Å²) in [6, 6.07) is 19.6. The highest BCUT2D eigenvalue weighted by molar-refractivity contribution is 5.97. The molecule has 1 heteroatoms. The molecule has 1 aliphatic heterocycles. The molecule has 1 atom stereocenters. The Balaban J connectivity index is 2.34. The Morgan fingerprint density at radius 1 is 0.947 bits per heavy atom. The zero-order chi connectivity index (χ0) is 13.5. The number of hydrogen-bond donors (Lipinski definition) is 0. The van der Waals surface area contributed by atoms with Crippen molar-refractivity contribution in [1.29, 1.82) is 0 Å². The molecule has 0 saturated heterocycles. The smallest absolute Gasteiger partial charge is 0.201 e. The maximum Gasteiger partial charge on any atom is 0.209 e. The van der Waals surface area contributed by atoms with Crippen molar-refractivity contribution >= 4 is 11.4 Å². The van der Waals surface area contributed by atoms with Gasteiger partial charge in [0.05, 0.1) is 0 Å². The van der Waals surface area contributed by atoms with Gasteiger partial charge in [-0.3, -0.25) is 0 Å². The summed E-state index contributed by atoms with van der Waals surface area (Å²) in [4.78, 5) is 0. The number of para-hydroxylation sites is 1. The summed E-state index contributed by atoms with van der Waals surface area (Å²) in [5, 5.41) is 0. The monoisotopic (exact) mass is 250 g/mol. The second kappa shape index (κ2) is 4.34. The first-order valence-corrected chi connectivity index (χ1v) is 6.94. The molecule has 1 nitrogen and oxygen atoms in total. The van der Waals surface area contributed by atoms with Gasteiger partial charge in [-0.1, -0.05) is 55.5 Å². The van der Waals surface area contributed by atoms with Gasteiger partial charge >= 0.3 is 0 Å². The molecule has 0 aromatic heterocycles. The van der Waals surface area contributed by atoms with Gasteiger partial charge in [-0.25, -0.2) is 4.58 Å². The van der Waals surface area contributed by atoms with Gasteiger partial charge in [-0.15, -0.1) is 0 Å². The Kier molecular flexibility index (Phi) is 2.78. The average Bonchev–Trinajstić information content (AvgIpc) is 2.70. The molecular weight excluding hydrogens is 230 g/mol. The molecule has 3 rings (SSSR count). The van der Waals surface area contributed by atoms with E-state index in [2.05, 4.69) is 80.1 Å². The first-order valence-electron chi connectivity index (χ1n) is 6.94. The van der Waals surface area contributed by atoms with Crippen molar-refractivity contribution in [2.75, 3.05) is 7.05 Å². The Morgan fingerprint density at radius 3 is 2.26 bits per heavy atom. The van der Waals surface area contributed by atoms with Crippen LogP contribution in [0.15, 0.2) is 54.6 Å². The lowest BCUT2D eigenvalue weighted by atomic mass is 9.70. The normalized spacial score (nSPS) is 21.6. The number of benzene rings is 2. The molecule has 0 aliphatic carbocycles. The Bertz CT molecular complexity index is 640. The standard InChI is InChI=1S/C18H20N/c1-4-18(15-10-6-5-7-11-15)14(2)19(3)17-13-9-8-12-16(17)18/h5-13H,4H2,1-3H3/q+1. The van der Waals surface area contributed by atoms with Crippen LogP contribution in [-0.2, 0) is 5.41 Å². The first-order chi connectivity index (χ1) is 9.21. The maximum atomic E-state index is 2.34. The molecular formula is C18H20N+. The molecule has 0 amide bonds. The zero-order valence-corrected chi connectivity index (χ0v) is 11.9. The van der Waals surface area contributed by atoms with Crippen LogP contribution in [0.25, 0.3) is 0 Å². The molecule has 0 saturated carbocycles. The molecule has 0 spiro atoms. The summed E-state index contributed by atoms with van der Waals surface area (Å²) in [5.74, 6) is 0. The highest BCUT2D eigenvalue weighted by atomic mass is 15.0. The van der Waals surface area contributed by atoms with E-state index >= 15 is 0 Å². The van der Waals surface area contributed by atoms with Crippen molar-refractivity contribution in [3.8, 4) is 0 Å². The van der Waals surface area contributed by atoms with Crippen molar-refractivity contribution < 1.29 is 4.58 Å². The second-order valence-corrected chi connectivity index (χ2v) is 5.29. The average molecular weight is 250 g/mol. The van der Waals surface area contributed by atoms with Gasteiger partial charge < -0.3 is 0 Å². The Morgan fingerprint density at radius 2 is 1.58 bits per heavy atom. The highest BCUT2D eigenvalue weighted by Gasteiger charge is 2.48. The van der Waals surface area contributed by atoms with E-state index in [-0.39, 0.29) is 5.41 Å². The minimum Gasteiger partial charge on any atom is -0.201 e. The summed E-state index contributed by atoms with van der Waals surface area (Å²) in [6.45, 7) is 4.54. The van der Waals surface area contributed by atoms with Crippen LogP contribution in [0.3, 0.4) is 0 Å². The molecule has 1 aliphatic rings. The minimum absolute atomic E-state index is 0.0343. The largest absolute Gasteiger partial charge is 0.209 e. The number of rotatable bonds is 2. The van der Waals surface area contributed by atoms with E-state index in [4.69, 9.17) is 0 Å². The lowest BCUT2D eigenvalue weighted by Crippen LogP contribution is -2.33. The number of hydrogen-bond acceptors (Lipinski definition) is 0. The van der Waals surface area contributed by atoms with Crippen molar-refractivity contribution in [3.63, 3.8) is 0 Å². The summed E-state index contributed by atoms with van der Waals surface area (Å²) in [7, 11) is 2.18. The molecule has 1 heterocycles. The lowest BCUT2D eigenvalue weighted by molar-refractivity contribution is -0.403. The fourth-order valence-corrected chi connectivity index (χ4v) is 3.53. The molecule has 96 valence electrons. The van der Waals surface area contributed by atoms with Gasteiger partial charge in [0.15, 0.2) is 5.71 Å². The van der Waals surface area contributed by atoms with Gasteiger partial charge in [-0.05, 0) is 12.0 Å². The van der Waals surface area contributed by atoms with Crippen LogP contribution in [0.2, 0.25) is 0 Å². The summed E-state index contributed by atoms with van der Waals surface area (Å²) in [5.41, 5.74) is 5.62. The van der Waals surface area contributed by atoms with Crippen LogP contribution < -0.4 is 0 Å². The molecule has 0 N–H and O–H groups in total. The second-order valence-electron chi connectivity index (χ2n) is 5.29. The molecule has 0 fully saturated rings. The van der Waals surface area contributed by atoms with E-state index in [1.807, 2.05) is 0 Å². The van der Waals surface area contributed by atoms with Gasteiger partial charge in [0.25, 0.3) is 0 Å².